The Hall–Kier alpha value is -1.69. The second-order valence-electron chi connectivity index (χ2n) is 6.26. The number of thiophene rings is 1. The number of aromatic nitrogens is 2. The zero-order valence-corrected chi connectivity index (χ0v) is 14.7. The Balaban J connectivity index is 1.63. The monoisotopic (exact) mass is 333 g/mol. The molecule has 5 nitrogen and oxygen atoms in total. The maximum atomic E-state index is 12.7. The van der Waals surface area contributed by atoms with E-state index in [4.69, 9.17) is 4.52 Å². The fourth-order valence-corrected chi connectivity index (χ4v) is 4.02. The molecule has 1 aliphatic heterocycles. The van der Waals surface area contributed by atoms with Crippen molar-refractivity contribution in [2.24, 2.45) is 0 Å². The van der Waals surface area contributed by atoms with Crippen molar-refractivity contribution in [2.45, 2.75) is 58.4 Å². The van der Waals surface area contributed by atoms with Crippen molar-refractivity contribution in [1.29, 1.82) is 0 Å². The maximum absolute atomic E-state index is 12.7. The molecular weight excluding hydrogens is 310 g/mol. The van der Waals surface area contributed by atoms with Crippen LogP contribution >= 0.6 is 11.3 Å². The van der Waals surface area contributed by atoms with Gasteiger partial charge in [-0.15, -0.1) is 11.3 Å². The van der Waals surface area contributed by atoms with Crippen LogP contribution < -0.4 is 0 Å². The number of aryl methyl sites for hydroxylation is 1. The van der Waals surface area contributed by atoms with Gasteiger partial charge in [-0.2, -0.15) is 4.98 Å². The average molecular weight is 333 g/mol. The smallest absolute Gasteiger partial charge is 0.227 e. The fourth-order valence-electron chi connectivity index (χ4n) is 3.10. The van der Waals surface area contributed by atoms with Crippen molar-refractivity contribution in [3.63, 3.8) is 0 Å². The highest BCUT2D eigenvalue weighted by Crippen LogP contribution is 2.35. The summed E-state index contributed by atoms with van der Waals surface area (Å²) in [6.07, 6.45) is 2.86. The van der Waals surface area contributed by atoms with Crippen molar-refractivity contribution in [1.82, 2.24) is 15.0 Å². The number of hydrogen-bond donors (Lipinski definition) is 0. The van der Waals surface area contributed by atoms with Gasteiger partial charge in [0.25, 0.3) is 0 Å². The summed E-state index contributed by atoms with van der Waals surface area (Å²) >= 11 is 1.80. The molecule has 0 aliphatic carbocycles. The molecule has 0 saturated heterocycles. The molecule has 3 heterocycles. The Morgan fingerprint density at radius 2 is 2.35 bits per heavy atom. The van der Waals surface area contributed by atoms with E-state index in [1.54, 1.807) is 11.3 Å². The van der Waals surface area contributed by atoms with Crippen LogP contribution in [0.3, 0.4) is 0 Å². The van der Waals surface area contributed by atoms with Crippen LogP contribution in [0.15, 0.2) is 16.0 Å². The summed E-state index contributed by atoms with van der Waals surface area (Å²) in [6.45, 7) is 7.01. The third-order valence-electron chi connectivity index (χ3n) is 4.35. The van der Waals surface area contributed by atoms with E-state index in [9.17, 15) is 4.79 Å². The Morgan fingerprint density at radius 3 is 3.04 bits per heavy atom. The molecule has 1 amide bonds. The van der Waals surface area contributed by atoms with Gasteiger partial charge in [-0.3, -0.25) is 4.79 Å². The molecule has 124 valence electrons. The van der Waals surface area contributed by atoms with E-state index < -0.39 is 0 Å². The molecule has 0 aromatic carbocycles. The lowest BCUT2D eigenvalue weighted by Crippen LogP contribution is -2.39. The molecular formula is C17H23N3O2S. The summed E-state index contributed by atoms with van der Waals surface area (Å²) in [6, 6.07) is 2.38. The molecule has 2 aromatic rings. The summed E-state index contributed by atoms with van der Waals surface area (Å²) in [4.78, 5) is 20.5. The third-order valence-corrected chi connectivity index (χ3v) is 5.35. The second-order valence-corrected chi connectivity index (χ2v) is 7.26. The normalized spacial score (nSPS) is 17.6. The van der Waals surface area contributed by atoms with Crippen molar-refractivity contribution < 1.29 is 9.32 Å². The third kappa shape index (κ3) is 3.32. The first-order valence-electron chi connectivity index (χ1n) is 8.28. The molecule has 0 fully saturated rings. The summed E-state index contributed by atoms with van der Waals surface area (Å²) in [5.74, 6) is 1.69. The van der Waals surface area contributed by atoms with Crippen LogP contribution in [0.2, 0.25) is 0 Å². The van der Waals surface area contributed by atoms with E-state index in [0.717, 1.165) is 19.4 Å². The molecule has 0 N–H and O–H groups in total. The SMILES string of the molecule is CCC1c2ccsc2CCN1C(=O)CCc1nc(C(C)C)no1. The van der Waals surface area contributed by atoms with E-state index >= 15 is 0 Å². The van der Waals surface area contributed by atoms with Gasteiger partial charge in [0.1, 0.15) is 0 Å². The lowest BCUT2D eigenvalue weighted by molar-refractivity contribution is -0.134. The summed E-state index contributed by atoms with van der Waals surface area (Å²) in [5.41, 5.74) is 1.33. The summed E-state index contributed by atoms with van der Waals surface area (Å²) in [5, 5.41) is 6.08. The second kappa shape index (κ2) is 6.83. The molecule has 3 rings (SSSR count). The zero-order valence-electron chi connectivity index (χ0n) is 13.9. The van der Waals surface area contributed by atoms with Gasteiger partial charge in [0.2, 0.25) is 11.8 Å². The summed E-state index contributed by atoms with van der Waals surface area (Å²) < 4.78 is 5.23. The number of amides is 1. The minimum atomic E-state index is 0.179. The first-order valence-corrected chi connectivity index (χ1v) is 9.16. The van der Waals surface area contributed by atoms with Crippen LogP contribution in [-0.2, 0) is 17.6 Å². The number of carbonyl (C=O) groups excluding carboxylic acids is 1. The maximum Gasteiger partial charge on any atom is 0.227 e. The van der Waals surface area contributed by atoms with Gasteiger partial charge in [0.05, 0.1) is 6.04 Å². The van der Waals surface area contributed by atoms with Gasteiger partial charge < -0.3 is 9.42 Å². The van der Waals surface area contributed by atoms with Gasteiger partial charge in [-0.05, 0) is 29.9 Å². The molecule has 0 bridgehead atoms. The van der Waals surface area contributed by atoms with E-state index in [2.05, 4.69) is 28.5 Å². The van der Waals surface area contributed by atoms with E-state index in [0.29, 0.717) is 24.6 Å². The highest BCUT2D eigenvalue weighted by Gasteiger charge is 2.30. The predicted octanol–water partition coefficient (Wildman–Crippen LogP) is 3.72. The number of fused-ring (bicyclic) bond motifs is 1. The standard InChI is InChI=1S/C17H23N3O2S/c1-4-13-12-8-10-23-14(12)7-9-20(13)16(21)6-5-15-18-17(11(2)3)19-22-15/h8,10-11,13H,4-7,9H2,1-3H3. The van der Waals surface area contributed by atoms with Crippen molar-refractivity contribution in [2.75, 3.05) is 6.54 Å². The van der Waals surface area contributed by atoms with Gasteiger partial charge in [0.15, 0.2) is 5.82 Å². The van der Waals surface area contributed by atoms with Crippen LogP contribution in [0.5, 0.6) is 0 Å². The lowest BCUT2D eigenvalue weighted by Gasteiger charge is -2.35. The first kappa shape index (κ1) is 16.2. The molecule has 0 saturated carbocycles. The molecule has 2 aromatic heterocycles. The van der Waals surface area contributed by atoms with Gasteiger partial charge in [-0.25, -0.2) is 0 Å². The highest BCUT2D eigenvalue weighted by atomic mass is 32.1. The fraction of sp³-hybridized carbons (Fsp3) is 0.588. The minimum Gasteiger partial charge on any atom is -0.339 e. The molecule has 1 aliphatic rings. The number of nitrogens with zero attached hydrogens (tertiary/aromatic N) is 3. The zero-order chi connectivity index (χ0) is 16.4. The van der Waals surface area contributed by atoms with Gasteiger partial charge >= 0.3 is 0 Å². The van der Waals surface area contributed by atoms with E-state index in [1.807, 2.05) is 18.7 Å². The van der Waals surface area contributed by atoms with Crippen molar-refractivity contribution >= 4 is 17.2 Å². The largest absolute Gasteiger partial charge is 0.339 e. The van der Waals surface area contributed by atoms with Crippen LogP contribution in [-0.4, -0.2) is 27.5 Å². The Labute approximate surface area is 140 Å². The van der Waals surface area contributed by atoms with Crippen LogP contribution in [0.4, 0.5) is 0 Å². The van der Waals surface area contributed by atoms with Crippen LogP contribution in [0.1, 0.15) is 67.7 Å². The van der Waals surface area contributed by atoms with Gasteiger partial charge in [0, 0.05) is 30.2 Å². The minimum absolute atomic E-state index is 0.179. The highest BCUT2D eigenvalue weighted by molar-refractivity contribution is 7.10. The Bertz CT molecular complexity index is 677. The van der Waals surface area contributed by atoms with Crippen LogP contribution in [0, 0.1) is 0 Å². The first-order chi connectivity index (χ1) is 11.1. The molecule has 0 spiro atoms. The molecule has 1 atom stereocenters. The van der Waals surface area contributed by atoms with Crippen LogP contribution in [0.25, 0.3) is 0 Å². The number of hydrogen-bond acceptors (Lipinski definition) is 5. The molecule has 0 radical (unpaired) electrons. The Morgan fingerprint density at radius 1 is 1.52 bits per heavy atom. The van der Waals surface area contributed by atoms with E-state index in [1.165, 1.54) is 10.4 Å². The van der Waals surface area contributed by atoms with Crippen molar-refractivity contribution in [3.05, 3.63) is 33.6 Å². The quantitative estimate of drug-likeness (QED) is 0.836. The predicted molar refractivity (Wildman–Crippen MR) is 89.5 cm³/mol. The topological polar surface area (TPSA) is 59.2 Å². The number of carbonyl (C=O) groups is 1. The van der Waals surface area contributed by atoms with Crippen molar-refractivity contribution in [3.8, 4) is 0 Å². The lowest BCUT2D eigenvalue weighted by atomic mass is 9.97. The molecule has 6 heteroatoms. The average Bonchev–Trinajstić information content (AvgIpc) is 3.20. The summed E-state index contributed by atoms with van der Waals surface area (Å²) in [7, 11) is 0. The molecule has 1 unspecified atom stereocenters. The molecule has 23 heavy (non-hydrogen) atoms. The van der Waals surface area contributed by atoms with Gasteiger partial charge in [-0.1, -0.05) is 25.9 Å². The van der Waals surface area contributed by atoms with E-state index in [-0.39, 0.29) is 17.9 Å². The number of rotatable bonds is 5. The Kier molecular flexibility index (Phi) is 4.80.